The molecule has 0 unspecified atom stereocenters. The highest BCUT2D eigenvalue weighted by molar-refractivity contribution is 5.88. The molecule has 2 aliphatic rings. The highest BCUT2D eigenvalue weighted by Crippen LogP contribution is 2.50. The molecule has 1 saturated heterocycles. The van der Waals surface area contributed by atoms with Crippen LogP contribution in [0, 0.1) is 5.41 Å². The molecule has 1 aliphatic carbocycles. The average Bonchev–Trinajstić information content (AvgIpc) is 2.60. The van der Waals surface area contributed by atoms with Crippen LogP contribution in [-0.4, -0.2) is 47.7 Å². The van der Waals surface area contributed by atoms with Crippen molar-refractivity contribution in [2.24, 2.45) is 5.41 Å². The summed E-state index contributed by atoms with van der Waals surface area (Å²) in [6.07, 6.45) is 2.49. The van der Waals surface area contributed by atoms with E-state index in [1.165, 1.54) is 4.90 Å². The summed E-state index contributed by atoms with van der Waals surface area (Å²) in [4.78, 5) is 24.0. The number of carbonyl (C=O) groups is 2. The first-order valence-electron chi connectivity index (χ1n) is 6.70. The molecule has 0 radical (unpaired) electrons. The molecular weight excluding hydrogens is 234 g/mol. The van der Waals surface area contributed by atoms with Crippen LogP contribution in [0.1, 0.15) is 40.0 Å². The molecule has 0 bridgehead atoms. The van der Waals surface area contributed by atoms with Crippen LogP contribution in [-0.2, 0) is 14.3 Å². The van der Waals surface area contributed by atoms with E-state index < -0.39 is 5.97 Å². The predicted molar refractivity (Wildman–Crippen MR) is 67.3 cm³/mol. The Labute approximate surface area is 108 Å². The third kappa shape index (κ3) is 2.83. The number of hydrogen-bond acceptors (Lipinski definition) is 3. The fraction of sp³-hybridized carbons (Fsp3) is 0.846. The van der Waals surface area contributed by atoms with E-state index in [1.54, 1.807) is 0 Å². The van der Waals surface area contributed by atoms with Gasteiger partial charge >= 0.3 is 5.97 Å². The highest BCUT2D eigenvalue weighted by Gasteiger charge is 2.55. The first kappa shape index (κ1) is 15.0. The third-order valence-electron chi connectivity index (χ3n) is 3.57. The van der Waals surface area contributed by atoms with E-state index in [4.69, 9.17) is 9.84 Å². The molecule has 0 atom stereocenters. The molecule has 1 heterocycles. The summed E-state index contributed by atoms with van der Waals surface area (Å²) in [6, 6.07) is 0. The van der Waals surface area contributed by atoms with Crippen molar-refractivity contribution < 1.29 is 19.4 Å². The molecule has 1 spiro atoms. The number of amides is 1. The van der Waals surface area contributed by atoms with Crippen LogP contribution in [0.15, 0.2) is 0 Å². The van der Waals surface area contributed by atoms with Crippen molar-refractivity contribution in [1.29, 1.82) is 0 Å². The van der Waals surface area contributed by atoms with Gasteiger partial charge in [0.25, 0.3) is 0 Å². The van der Waals surface area contributed by atoms with Gasteiger partial charge < -0.3 is 14.7 Å². The molecule has 1 aliphatic heterocycles. The Morgan fingerprint density at radius 2 is 2.11 bits per heavy atom. The monoisotopic (exact) mass is 257 g/mol. The van der Waals surface area contributed by atoms with Gasteiger partial charge in [0, 0.05) is 13.2 Å². The van der Waals surface area contributed by atoms with Crippen molar-refractivity contribution in [3.63, 3.8) is 0 Å². The van der Waals surface area contributed by atoms with Crippen LogP contribution in [0.3, 0.4) is 0 Å². The average molecular weight is 257 g/mol. The van der Waals surface area contributed by atoms with Crippen molar-refractivity contribution in [3.8, 4) is 0 Å². The summed E-state index contributed by atoms with van der Waals surface area (Å²) in [6.45, 7) is 7.02. The number of ether oxygens (including phenoxy) is 1. The topological polar surface area (TPSA) is 66.8 Å². The molecule has 5 nitrogen and oxygen atoms in total. The van der Waals surface area contributed by atoms with Crippen molar-refractivity contribution in [1.82, 2.24) is 4.90 Å². The second-order valence-corrected chi connectivity index (χ2v) is 4.64. The maximum Gasteiger partial charge on any atom is 0.323 e. The van der Waals surface area contributed by atoms with Crippen LogP contribution in [0.5, 0.6) is 0 Å². The molecule has 0 aromatic carbocycles. The van der Waals surface area contributed by atoms with Gasteiger partial charge in [-0.2, -0.15) is 0 Å². The fourth-order valence-corrected chi connectivity index (χ4v) is 2.75. The Hall–Kier alpha value is -1.10. The number of carboxylic acids is 1. The lowest BCUT2D eigenvalue weighted by molar-refractivity contribution is -0.154. The number of aliphatic carboxylic acids is 1. The summed E-state index contributed by atoms with van der Waals surface area (Å²) >= 11 is 0. The Morgan fingerprint density at radius 1 is 1.50 bits per heavy atom. The molecular formula is C13H23NO4. The van der Waals surface area contributed by atoms with Gasteiger partial charge in [0.05, 0.1) is 11.5 Å². The molecule has 0 aromatic rings. The number of hydrogen-bond donors (Lipinski definition) is 1. The quantitative estimate of drug-likeness (QED) is 0.829. The maximum absolute atomic E-state index is 12.0. The minimum absolute atomic E-state index is 0.00542. The number of likely N-dealkylation sites (tertiary alicyclic amines) is 1. The lowest BCUT2D eigenvalue weighted by atomic mass is 9.65. The number of nitrogens with zero attached hydrogens (tertiary/aromatic N) is 1. The Morgan fingerprint density at radius 3 is 2.61 bits per heavy atom. The van der Waals surface area contributed by atoms with Gasteiger partial charge in [-0.3, -0.25) is 9.59 Å². The third-order valence-corrected chi connectivity index (χ3v) is 3.57. The Kier molecular flexibility index (Phi) is 5.14. The van der Waals surface area contributed by atoms with Gasteiger partial charge in [-0.05, 0) is 26.2 Å². The van der Waals surface area contributed by atoms with Crippen molar-refractivity contribution in [2.75, 3.05) is 19.7 Å². The summed E-state index contributed by atoms with van der Waals surface area (Å²) < 4.78 is 5.44. The summed E-state index contributed by atoms with van der Waals surface area (Å²) in [7, 11) is 0. The fourth-order valence-electron chi connectivity index (χ4n) is 2.75. The Balaban J connectivity index is 0.000000771. The molecule has 1 saturated carbocycles. The smallest absolute Gasteiger partial charge is 0.323 e. The first-order valence-corrected chi connectivity index (χ1v) is 6.70. The lowest BCUT2D eigenvalue weighted by Gasteiger charge is -2.42. The molecule has 5 heteroatoms. The predicted octanol–water partition coefficient (Wildman–Crippen LogP) is 1.51. The maximum atomic E-state index is 12.0. The van der Waals surface area contributed by atoms with Gasteiger partial charge in [0.2, 0.25) is 5.91 Å². The van der Waals surface area contributed by atoms with E-state index in [0.717, 1.165) is 19.3 Å². The van der Waals surface area contributed by atoms with E-state index in [-0.39, 0.29) is 24.0 Å². The lowest BCUT2D eigenvalue weighted by Crippen LogP contribution is -2.48. The van der Waals surface area contributed by atoms with E-state index >= 15 is 0 Å². The minimum atomic E-state index is -0.939. The zero-order valence-corrected chi connectivity index (χ0v) is 11.4. The van der Waals surface area contributed by atoms with Crippen molar-refractivity contribution >= 4 is 11.9 Å². The van der Waals surface area contributed by atoms with Gasteiger partial charge in [0.1, 0.15) is 6.54 Å². The van der Waals surface area contributed by atoms with Crippen LogP contribution < -0.4 is 0 Å². The zero-order valence-electron chi connectivity index (χ0n) is 11.4. The molecule has 1 N–H and O–H groups in total. The van der Waals surface area contributed by atoms with E-state index in [1.807, 2.05) is 20.8 Å². The standard InChI is InChI=1S/C11H17NO4.C2H6/c1-2-16-8-5-11(6-8)3-4-12(10(11)15)7-9(13)14;1-2/h8H,2-7H2,1H3,(H,13,14);1-2H3. The van der Waals surface area contributed by atoms with Crippen LogP contribution >= 0.6 is 0 Å². The van der Waals surface area contributed by atoms with Gasteiger partial charge in [-0.15, -0.1) is 0 Å². The van der Waals surface area contributed by atoms with E-state index in [9.17, 15) is 9.59 Å². The number of rotatable bonds is 4. The first-order chi connectivity index (χ1) is 8.57. The number of carbonyl (C=O) groups excluding carboxylic acids is 1. The zero-order chi connectivity index (χ0) is 13.8. The van der Waals surface area contributed by atoms with Crippen LogP contribution in [0.4, 0.5) is 0 Å². The molecule has 18 heavy (non-hydrogen) atoms. The van der Waals surface area contributed by atoms with Crippen LogP contribution in [0.25, 0.3) is 0 Å². The normalized spacial score (nSPS) is 29.8. The van der Waals surface area contributed by atoms with Gasteiger partial charge in [-0.1, -0.05) is 13.8 Å². The molecule has 1 amide bonds. The second kappa shape index (κ2) is 6.18. The summed E-state index contributed by atoms with van der Waals surface area (Å²) in [5, 5.41) is 8.67. The largest absolute Gasteiger partial charge is 0.480 e. The van der Waals surface area contributed by atoms with Crippen molar-refractivity contribution in [3.05, 3.63) is 0 Å². The number of carboxylic acid groups (broad SMARTS) is 1. The molecule has 2 rings (SSSR count). The van der Waals surface area contributed by atoms with Crippen LogP contribution in [0.2, 0.25) is 0 Å². The second-order valence-electron chi connectivity index (χ2n) is 4.64. The van der Waals surface area contributed by atoms with E-state index in [2.05, 4.69) is 0 Å². The van der Waals surface area contributed by atoms with E-state index in [0.29, 0.717) is 13.2 Å². The SMILES string of the molecule is CC.CCOC1CC2(CCN(CC(=O)O)C2=O)C1. The highest BCUT2D eigenvalue weighted by atomic mass is 16.5. The molecule has 104 valence electrons. The molecule has 2 fully saturated rings. The van der Waals surface area contributed by atoms with Gasteiger partial charge in [-0.25, -0.2) is 0 Å². The summed E-state index contributed by atoms with van der Waals surface area (Å²) in [5.74, 6) is -0.933. The van der Waals surface area contributed by atoms with Crippen molar-refractivity contribution in [2.45, 2.75) is 46.1 Å². The summed E-state index contributed by atoms with van der Waals surface area (Å²) in [5.41, 5.74) is -0.296. The van der Waals surface area contributed by atoms with Gasteiger partial charge in [0.15, 0.2) is 0 Å². The Bertz CT molecular complexity index is 310. The molecule has 0 aromatic heterocycles. The minimum Gasteiger partial charge on any atom is -0.480 e.